The summed E-state index contributed by atoms with van der Waals surface area (Å²) in [6.07, 6.45) is -4.68. The molecular formula is C24H18F6N2O2. The standard InChI is InChI=1S/C24H18F6N2O2/c1-23(2,27)20-10-17-18(11-32(22(17)33)15-6-3-13(25)4-7-15)21(31-20)16-8-5-14(26)9-19(16)34-12-24(28,29)30/h3-10H,11-12H2,1-2H3. The molecule has 0 saturated carbocycles. The second-order valence-corrected chi connectivity index (χ2v) is 8.27. The van der Waals surface area contributed by atoms with Crippen LogP contribution in [0.3, 0.4) is 0 Å². The summed E-state index contributed by atoms with van der Waals surface area (Å²) in [6.45, 7) is 0.689. The number of aromatic nitrogens is 1. The molecule has 4 rings (SSSR count). The molecule has 34 heavy (non-hydrogen) atoms. The lowest BCUT2D eigenvalue weighted by Gasteiger charge is -2.19. The van der Waals surface area contributed by atoms with E-state index >= 15 is 0 Å². The molecule has 0 spiro atoms. The molecule has 0 fully saturated rings. The van der Waals surface area contributed by atoms with E-state index in [0.717, 1.165) is 12.1 Å². The maximum absolute atomic E-state index is 14.9. The topological polar surface area (TPSA) is 42.4 Å². The van der Waals surface area contributed by atoms with Crippen molar-refractivity contribution in [1.29, 1.82) is 0 Å². The minimum atomic E-state index is -4.68. The Labute approximate surface area is 190 Å². The molecule has 0 radical (unpaired) electrons. The van der Waals surface area contributed by atoms with Gasteiger partial charge in [-0.15, -0.1) is 0 Å². The molecule has 1 aromatic heterocycles. The second-order valence-electron chi connectivity index (χ2n) is 8.27. The molecule has 3 aromatic rings. The van der Waals surface area contributed by atoms with Crippen LogP contribution in [0.4, 0.5) is 32.0 Å². The van der Waals surface area contributed by atoms with Gasteiger partial charge in [-0.05, 0) is 56.3 Å². The van der Waals surface area contributed by atoms with Gasteiger partial charge in [0.2, 0.25) is 0 Å². The highest BCUT2D eigenvalue weighted by atomic mass is 19.4. The van der Waals surface area contributed by atoms with Gasteiger partial charge in [0.05, 0.1) is 17.9 Å². The van der Waals surface area contributed by atoms with Gasteiger partial charge in [0.25, 0.3) is 5.91 Å². The first-order valence-electron chi connectivity index (χ1n) is 10.1. The Morgan fingerprint density at radius 2 is 1.59 bits per heavy atom. The summed E-state index contributed by atoms with van der Waals surface area (Å²) in [7, 11) is 0. The van der Waals surface area contributed by atoms with E-state index in [1.54, 1.807) is 0 Å². The van der Waals surface area contributed by atoms with Crippen molar-refractivity contribution < 1.29 is 35.9 Å². The highest BCUT2D eigenvalue weighted by Gasteiger charge is 2.36. The molecule has 0 saturated heterocycles. The Morgan fingerprint density at radius 3 is 2.21 bits per heavy atom. The lowest BCUT2D eigenvalue weighted by molar-refractivity contribution is -0.153. The van der Waals surface area contributed by atoms with E-state index in [9.17, 15) is 31.1 Å². The Bertz CT molecular complexity index is 1250. The monoisotopic (exact) mass is 480 g/mol. The molecule has 1 aliphatic heterocycles. The third kappa shape index (κ3) is 4.71. The van der Waals surface area contributed by atoms with E-state index in [2.05, 4.69) is 4.98 Å². The van der Waals surface area contributed by atoms with E-state index in [4.69, 9.17) is 4.74 Å². The molecule has 1 amide bonds. The molecule has 178 valence electrons. The number of benzene rings is 2. The minimum Gasteiger partial charge on any atom is -0.483 e. The van der Waals surface area contributed by atoms with Crippen LogP contribution in [0.25, 0.3) is 11.3 Å². The smallest absolute Gasteiger partial charge is 0.422 e. The fourth-order valence-corrected chi connectivity index (χ4v) is 3.63. The lowest BCUT2D eigenvalue weighted by Crippen LogP contribution is -2.23. The number of anilines is 1. The molecular weight excluding hydrogens is 462 g/mol. The van der Waals surface area contributed by atoms with Crippen LogP contribution in [-0.4, -0.2) is 23.7 Å². The van der Waals surface area contributed by atoms with Crippen molar-refractivity contribution in [2.75, 3.05) is 11.5 Å². The SMILES string of the molecule is CC(C)(F)c1cc2c(c(-c3ccc(F)cc3OCC(F)(F)F)n1)CN(c1ccc(F)cc1)C2=O. The Morgan fingerprint density at radius 1 is 0.941 bits per heavy atom. The van der Waals surface area contributed by atoms with Crippen LogP contribution in [0.15, 0.2) is 48.5 Å². The quantitative estimate of drug-likeness (QED) is 0.401. The predicted octanol–water partition coefficient (Wildman–Crippen LogP) is 6.33. The minimum absolute atomic E-state index is 0.00615. The van der Waals surface area contributed by atoms with Gasteiger partial charge < -0.3 is 9.64 Å². The van der Waals surface area contributed by atoms with Crippen molar-refractivity contribution in [2.24, 2.45) is 0 Å². The van der Waals surface area contributed by atoms with Gasteiger partial charge in [0.1, 0.15) is 23.1 Å². The number of hydrogen-bond donors (Lipinski definition) is 0. The van der Waals surface area contributed by atoms with Crippen LogP contribution in [0, 0.1) is 11.6 Å². The van der Waals surface area contributed by atoms with Crippen LogP contribution in [-0.2, 0) is 12.2 Å². The summed E-state index contributed by atoms with van der Waals surface area (Å²) in [5.41, 5.74) is -1.42. The highest BCUT2D eigenvalue weighted by Crippen LogP contribution is 2.40. The van der Waals surface area contributed by atoms with Gasteiger partial charge in [0.15, 0.2) is 6.61 Å². The molecule has 1 aliphatic rings. The summed E-state index contributed by atoms with van der Waals surface area (Å²) >= 11 is 0. The Hall–Kier alpha value is -3.56. The van der Waals surface area contributed by atoms with Crippen molar-refractivity contribution >= 4 is 11.6 Å². The van der Waals surface area contributed by atoms with Crippen molar-refractivity contribution in [2.45, 2.75) is 32.2 Å². The van der Waals surface area contributed by atoms with E-state index in [-0.39, 0.29) is 29.1 Å². The molecule has 0 aliphatic carbocycles. The van der Waals surface area contributed by atoms with Gasteiger partial charge in [0, 0.05) is 28.4 Å². The van der Waals surface area contributed by atoms with Gasteiger partial charge in [-0.25, -0.2) is 18.2 Å². The van der Waals surface area contributed by atoms with Crippen molar-refractivity contribution in [1.82, 2.24) is 4.98 Å². The zero-order chi connectivity index (χ0) is 24.8. The first kappa shape index (κ1) is 23.6. The molecule has 2 aromatic carbocycles. The summed E-state index contributed by atoms with van der Waals surface area (Å²) < 4.78 is 85.3. The van der Waals surface area contributed by atoms with E-state index < -0.39 is 41.7 Å². The number of ether oxygens (including phenoxy) is 1. The van der Waals surface area contributed by atoms with Crippen molar-refractivity contribution in [3.05, 3.63) is 77.0 Å². The first-order chi connectivity index (χ1) is 15.8. The van der Waals surface area contributed by atoms with Crippen LogP contribution >= 0.6 is 0 Å². The van der Waals surface area contributed by atoms with Gasteiger partial charge in [-0.3, -0.25) is 4.79 Å². The fourth-order valence-electron chi connectivity index (χ4n) is 3.63. The van der Waals surface area contributed by atoms with E-state index in [1.807, 2.05) is 0 Å². The maximum atomic E-state index is 14.9. The Kier molecular flexibility index (Phi) is 5.79. The number of carbonyl (C=O) groups excluding carboxylic acids is 1. The molecule has 2 heterocycles. The molecule has 0 bridgehead atoms. The maximum Gasteiger partial charge on any atom is 0.422 e. The molecule has 10 heteroatoms. The lowest BCUT2D eigenvalue weighted by atomic mass is 9.97. The van der Waals surface area contributed by atoms with Crippen molar-refractivity contribution in [3.8, 4) is 17.0 Å². The average molecular weight is 480 g/mol. The number of nitrogens with zero attached hydrogens (tertiary/aromatic N) is 2. The van der Waals surface area contributed by atoms with Crippen LogP contribution < -0.4 is 9.64 Å². The number of alkyl halides is 4. The molecule has 0 N–H and O–H groups in total. The third-order valence-corrected chi connectivity index (χ3v) is 5.25. The van der Waals surface area contributed by atoms with Crippen LogP contribution in [0.1, 0.15) is 35.5 Å². The summed E-state index contributed by atoms with van der Waals surface area (Å²) in [5, 5.41) is 0. The van der Waals surface area contributed by atoms with E-state index in [0.29, 0.717) is 11.3 Å². The first-order valence-corrected chi connectivity index (χ1v) is 10.1. The number of pyridine rings is 1. The zero-order valence-electron chi connectivity index (χ0n) is 18.0. The zero-order valence-corrected chi connectivity index (χ0v) is 18.0. The number of carbonyl (C=O) groups is 1. The number of hydrogen-bond acceptors (Lipinski definition) is 3. The van der Waals surface area contributed by atoms with Crippen molar-refractivity contribution in [3.63, 3.8) is 0 Å². The van der Waals surface area contributed by atoms with Gasteiger partial charge >= 0.3 is 6.18 Å². The van der Waals surface area contributed by atoms with Gasteiger partial charge in [-0.1, -0.05) is 0 Å². The third-order valence-electron chi connectivity index (χ3n) is 5.25. The summed E-state index contributed by atoms with van der Waals surface area (Å²) in [5.74, 6) is -2.32. The molecule has 0 atom stereocenters. The Balaban J connectivity index is 1.87. The number of rotatable bonds is 5. The van der Waals surface area contributed by atoms with Crippen LogP contribution in [0.5, 0.6) is 5.75 Å². The highest BCUT2D eigenvalue weighted by molar-refractivity contribution is 6.11. The summed E-state index contributed by atoms with van der Waals surface area (Å²) in [4.78, 5) is 18.8. The number of amides is 1. The number of halogens is 6. The molecule has 4 nitrogen and oxygen atoms in total. The molecule has 0 unspecified atom stereocenters. The van der Waals surface area contributed by atoms with Crippen LogP contribution in [0.2, 0.25) is 0 Å². The van der Waals surface area contributed by atoms with Gasteiger partial charge in [-0.2, -0.15) is 13.2 Å². The fraction of sp³-hybridized carbons (Fsp3) is 0.250. The average Bonchev–Trinajstić information content (AvgIpc) is 3.08. The largest absolute Gasteiger partial charge is 0.483 e. The second kappa shape index (κ2) is 8.34. The summed E-state index contributed by atoms with van der Waals surface area (Å²) in [6, 6.07) is 9.36. The normalized spacial score (nSPS) is 13.9. The number of fused-ring (bicyclic) bond motifs is 1. The predicted molar refractivity (Wildman–Crippen MR) is 112 cm³/mol. The van der Waals surface area contributed by atoms with E-state index in [1.165, 1.54) is 55.1 Å².